The van der Waals surface area contributed by atoms with E-state index >= 15 is 0 Å². The molecule has 29 heavy (non-hydrogen) atoms. The summed E-state index contributed by atoms with van der Waals surface area (Å²) in [6.07, 6.45) is 4.64. The summed E-state index contributed by atoms with van der Waals surface area (Å²) < 4.78 is 17.7. The molecule has 3 rings (SSSR count). The molecule has 0 N–H and O–H groups in total. The van der Waals surface area contributed by atoms with E-state index in [4.69, 9.17) is 14.2 Å². The lowest BCUT2D eigenvalue weighted by molar-refractivity contribution is -0.136. The van der Waals surface area contributed by atoms with Crippen molar-refractivity contribution >= 4 is 32.7 Å². The van der Waals surface area contributed by atoms with Crippen molar-refractivity contribution < 1.29 is 19.0 Å². The third kappa shape index (κ3) is 6.79. The quantitative estimate of drug-likeness (QED) is 0.197. The van der Waals surface area contributed by atoms with Crippen LogP contribution in [-0.4, -0.2) is 19.2 Å². The average molecular weight is 457 g/mol. The number of hydrogen-bond acceptors (Lipinski definition) is 4. The Morgan fingerprint density at radius 1 is 0.828 bits per heavy atom. The summed E-state index contributed by atoms with van der Waals surface area (Å²) >= 11 is 3.45. The second-order valence-electron chi connectivity index (χ2n) is 6.80. The number of fused-ring (bicyclic) bond motifs is 1. The highest BCUT2D eigenvalue weighted by molar-refractivity contribution is 9.10. The summed E-state index contributed by atoms with van der Waals surface area (Å²) in [5, 5.41) is 2.07. The van der Waals surface area contributed by atoms with Crippen molar-refractivity contribution in [1.82, 2.24) is 0 Å². The van der Waals surface area contributed by atoms with Gasteiger partial charge in [0.05, 0.1) is 6.61 Å². The number of benzene rings is 3. The minimum atomic E-state index is -0.452. The van der Waals surface area contributed by atoms with E-state index in [1.807, 2.05) is 42.5 Å². The van der Waals surface area contributed by atoms with Crippen LogP contribution in [0.2, 0.25) is 0 Å². The molecule has 0 spiro atoms. The van der Waals surface area contributed by atoms with Crippen LogP contribution in [-0.2, 0) is 4.79 Å². The van der Waals surface area contributed by atoms with Crippen molar-refractivity contribution in [3.8, 4) is 17.2 Å². The molecule has 0 aliphatic rings. The van der Waals surface area contributed by atoms with E-state index in [9.17, 15) is 4.79 Å². The number of unbranched alkanes of at least 4 members (excludes halogenated alkanes) is 3. The topological polar surface area (TPSA) is 44.8 Å². The van der Waals surface area contributed by atoms with Gasteiger partial charge in [-0.1, -0.05) is 60.3 Å². The van der Waals surface area contributed by atoms with E-state index in [2.05, 4.69) is 22.9 Å². The van der Waals surface area contributed by atoms with Gasteiger partial charge in [0.15, 0.2) is 6.61 Å². The van der Waals surface area contributed by atoms with Crippen LogP contribution < -0.4 is 14.2 Å². The van der Waals surface area contributed by atoms with Gasteiger partial charge in [-0.05, 0) is 53.6 Å². The van der Waals surface area contributed by atoms with Gasteiger partial charge in [0.2, 0.25) is 0 Å². The normalized spacial score (nSPS) is 10.7. The Kier molecular flexibility index (Phi) is 7.94. The molecule has 0 atom stereocenters. The Morgan fingerprint density at radius 2 is 1.59 bits per heavy atom. The molecular formula is C24H25BrO4. The fraction of sp³-hybridized carbons (Fsp3) is 0.292. The minimum absolute atomic E-state index is 0.168. The van der Waals surface area contributed by atoms with E-state index in [0.717, 1.165) is 27.4 Å². The van der Waals surface area contributed by atoms with E-state index in [-0.39, 0.29) is 6.61 Å². The van der Waals surface area contributed by atoms with Crippen molar-refractivity contribution in [3.05, 3.63) is 65.1 Å². The Balaban J connectivity index is 1.49. The van der Waals surface area contributed by atoms with Crippen molar-refractivity contribution in [1.29, 1.82) is 0 Å². The molecule has 0 aliphatic carbocycles. The number of hydrogen-bond donors (Lipinski definition) is 0. The van der Waals surface area contributed by atoms with Crippen LogP contribution in [0, 0.1) is 0 Å². The highest BCUT2D eigenvalue weighted by Gasteiger charge is 2.08. The van der Waals surface area contributed by atoms with Gasteiger partial charge in [0.25, 0.3) is 0 Å². The van der Waals surface area contributed by atoms with Crippen molar-refractivity contribution in [2.24, 2.45) is 0 Å². The van der Waals surface area contributed by atoms with Gasteiger partial charge in [0, 0.05) is 10.5 Å². The van der Waals surface area contributed by atoms with Crippen molar-refractivity contribution in [2.75, 3.05) is 13.2 Å². The monoisotopic (exact) mass is 456 g/mol. The number of rotatable bonds is 10. The summed E-state index contributed by atoms with van der Waals surface area (Å²) in [4.78, 5) is 12.1. The van der Waals surface area contributed by atoms with E-state index < -0.39 is 5.97 Å². The maximum Gasteiger partial charge on any atom is 0.349 e. The van der Waals surface area contributed by atoms with Gasteiger partial charge in [-0.3, -0.25) is 0 Å². The molecule has 3 aromatic rings. The molecule has 0 radical (unpaired) electrons. The van der Waals surface area contributed by atoms with Crippen LogP contribution >= 0.6 is 15.9 Å². The standard InChI is InChI=1S/C24H25BrO4/c1-2-3-4-5-13-27-21-7-6-8-22(16-21)28-17-24(26)29-23-12-10-18-14-20(25)11-9-19(18)15-23/h6-12,14-16H,2-5,13,17H2,1H3. The Hall–Kier alpha value is -2.53. The van der Waals surface area contributed by atoms with E-state index in [0.29, 0.717) is 18.1 Å². The second kappa shape index (κ2) is 10.9. The maximum atomic E-state index is 12.1. The second-order valence-corrected chi connectivity index (χ2v) is 7.72. The third-order valence-electron chi connectivity index (χ3n) is 4.43. The number of ether oxygens (including phenoxy) is 3. The number of esters is 1. The fourth-order valence-electron chi connectivity index (χ4n) is 2.93. The minimum Gasteiger partial charge on any atom is -0.493 e. The Morgan fingerprint density at radius 3 is 2.41 bits per heavy atom. The molecule has 0 saturated heterocycles. The summed E-state index contributed by atoms with van der Waals surface area (Å²) in [5.74, 6) is 1.37. The first-order valence-corrected chi connectivity index (χ1v) is 10.7. The largest absolute Gasteiger partial charge is 0.493 e. The number of carbonyl (C=O) groups excluding carboxylic acids is 1. The molecule has 0 aromatic heterocycles. The lowest BCUT2D eigenvalue weighted by atomic mass is 10.1. The predicted molar refractivity (Wildman–Crippen MR) is 119 cm³/mol. The zero-order chi connectivity index (χ0) is 20.5. The van der Waals surface area contributed by atoms with Crippen molar-refractivity contribution in [2.45, 2.75) is 32.6 Å². The SMILES string of the molecule is CCCCCCOc1cccc(OCC(=O)Oc2ccc3cc(Br)ccc3c2)c1. The van der Waals surface area contributed by atoms with E-state index in [1.165, 1.54) is 19.3 Å². The van der Waals surface area contributed by atoms with E-state index in [1.54, 1.807) is 18.2 Å². The Bertz CT molecular complexity index is 955. The number of carbonyl (C=O) groups is 1. The molecule has 0 unspecified atom stereocenters. The molecule has 0 heterocycles. The predicted octanol–water partition coefficient (Wildman–Crippen LogP) is 6.55. The molecule has 5 heteroatoms. The molecular weight excluding hydrogens is 432 g/mol. The van der Waals surface area contributed by atoms with Gasteiger partial charge >= 0.3 is 5.97 Å². The first kappa shape index (κ1) is 21.2. The molecule has 3 aromatic carbocycles. The van der Waals surface area contributed by atoms with Crippen LogP contribution in [0.4, 0.5) is 0 Å². The summed E-state index contributed by atoms with van der Waals surface area (Å²) in [5.41, 5.74) is 0. The van der Waals surface area contributed by atoms with Gasteiger partial charge in [0.1, 0.15) is 17.2 Å². The summed E-state index contributed by atoms with van der Waals surface area (Å²) in [6.45, 7) is 2.70. The fourth-order valence-corrected chi connectivity index (χ4v) is 3.31. The van der Waals surface area contributed by atoms with Crippen LogP contribution in [0.15, 0.2) is 65.1 Å². The molecule has 152 valence electrons. The van der Waals surface area contributed by atoms with Gasteiger partial charge in [-0.15, -0.1) is 0 Å². The highest BCUT2D eigenvalue weighted by Crippen LogP contribution is 2.24. The van der Waals surface area contributed by atoms with Crippen LogP contribution in [0.3, 0.4) is 0 Å². The number of halogens is 1. The Labute approximate surface area is 179 Å². The van der Waals surface area contributed by atoms with Gasteiger partial charge in [-0.25, -0.2) is 4.79 Å². The first-order chi connectivity index (χ1) is 14.1. The molecule has 0 bridgehead atoms. The molecule has 4 nitrogen and oxygen atoms in total. The maximum absolute atomic E-state index is 12.1. The summed E-state index contributed by atoms with van der Waals surface area (Å²) in [6, 6.07) is 18.8. The van der Waals surface area contributed by atoms with Gasteiger partial charge < -0.3 is 14.2 Å². The van der Waals surface area contributed by atoms with Crippen LogP contribution in [0.25, 0.3) is 10.8 Å². The lowest BCUT2D eigenvalue weighted by Gasteiger charge is -2.10. The average Bonchev–Trinajstić information content (AvgIpc) is 2.72. The van der Waals surface area contributed by atoms with Crippen LogP contribution in [0.5, 0.6) is 17.2 Å². The zero-order valence-corrected chi connectivity index (χ0v) is 18.1. The van der Waals surface area contributed by atoms with Crippen molar-refractivity contribution in [3.63, 3.8) is 0 Å². The molecule has 0 saturated carbocycles. The van der Waals surface area contributed by atoms with Crippen LogP contribution in [0.1, 0.15) is 32.6 Å². The molecule has 0 fully saturated rings. The first-order valence-electron chi connectivity index (χ1n) is 9.90. The smallest absolute Gasteiger partial charge is 0.349 e. The third-order valence-corrected chi connectivity index (χ3v) is 4.93. The zero-order valence-electron chi connectivity index (χ0n) is 16.5. The summed E-state index contributed by atoms with van der Waals surface area (Å²) in [7, 11) is 0. The van der Waals surface area contributed by atoms with Gasteiger partial charge in [-0.2, -0.15) is 0 Å². The molecule has 0 aliphatic heterocycles. The lowest BCUT2D eigenvalue weighted by Crippen LogP contribution is -2.17. The molecule has 0 amide bonds. The highest BCUT2D eigenvalue weighted by atomic mass is 79.9.